The third kappa shape index (κ3) is 4.23. The van der Waals surface area contributed by atoms with Gasteiger partial charge in [-0.1, -0.05) is 56.3 Å². The molecule has 3 aromatic carbocycles. The number of phenolic OH excluding ortho intramolecular Hbond substituents is 1. The Labute approximate surface area is 276 Å². The number of carbonyl (C=O) groups excluding carboxylic acids is 4. The average molecular weight is 653 g/mol. The Balaban J connectivity index is 1.40. The van der Waals surface area contributed by atoms with Crippen molar-refractivity contribution in [2.45, 2.75) is 38.9 Å². The number of carbonyl (C=O) groups is 4. The molecule has 3 aliphatic carbocycles. The summed E-state index contributed by atoms with van der Waals surface area (Å²) >= 11 is 0. The molecule has 0 spiro atoms. The summed E-state index contributed by atoms with van der Waals surface area (Å²) in [5.41, 5.74) is 3.13. The number of ketones is 3. The van der Waals surface area contributed by atoms with Crippen LogP contribution in [0.25, 0.3) is 11.1 Å². The quantitative estimate of drug-likeness (QED) is 0.336. The Bertz CT molecular complexity index is 1950. The van der Waals surface area contributed by atoms with Crippen LogP contribution in [0.1, 0.15) is 41.8 Å². The molecule has 1 fully saturated rings. The summed E-state index contributed by atoms with van der Waals surface area (Å²) in [5.74, 6) is -6.45. The number of aliphatic hydroxyl groups is 1. The summed E-state index contributed by atoms with van der Waals surface area (Å²) in [7, 11) is 3.35. The van der Waals surface area contributed by atoms with Gasteiger partial charge in [-0.05, 0) is 58.7 Å². The number of ether oxygens (including phenoxy) is 3. The fourth-order valence-electron chi connectivity index (χ4n) is 8.66. The number of hydrogen-bond donors (Lipinski definition) is 3. The molecule has 0 saturated heterocycles. The summed E-state index contributed by atoms with van der Waals surface area (Å²) in [6, 6.07) is 17.7. The molecule has 1 amide bonds. The lowest BCUT2D eigenvalue weighted by molar-refractivity contribution is -0.187. The lowest BCUT2D eigenvalue weighted by atomic mass is 9.43. The van der Waals surface area contributed by atoms with Crippen LogP contribution in [0.3, 0.4) is 0 Å². The summed E-state index contributed by atoms with van der Waals surface area (Å²) < 4.78 is 17.3. The smallest absolute Gasteiger partial charge is 0.235 e. The molecule has 1 saturated carbocycles. The third-order valence-corrected chi connectivity index (χ3v) is 10.5. The van der Waals surface area contributed by atoms with Crippen LogP contribution >= 0.6 is 0 Å². The second kappa shape index (κ2) is 10.7. The Morgan fingerprint density at radius 1 is 1.00 bits per heavy atom. The number of rotatable bonds is 6. The van der Waals surface area contributed by atoms with Gasteiger partial charge in [0.1, 0.15) is 18.1 Å². The van der Waals surface area contributed by atoms with Crippen LogP contribution < -0.4 is 15.2 Å². The van der Waals surface area contributed by atoms with E-state index < -0.39 is 51.5 Å². The van der Waals surface area contributed by atoms with E-state index in [1.807, 2.05) is 36.4 Å². The summed E-state index contributed by atoms with van der Waals surface area (Å²) in [4.78, 5) is 58.2. The number of amides is 1. The van der Waals surface area contributed by atoms with Gasteiger partial charge in [-0.25, -0.2) is 0 Å². The van der Waals surface area contributed by atoms with Crippen molar-refractivity contribution in [3.63, 3.8) is 0 Å². The zero-order valence-electron chi connectivity index (χ0n) is 27.0. The van der Waals surface area contributed by atoms with Crippen LogP contribution in [-0.4, -0.2) is 64.9 Å². The molecule has 2 unspecified atom stereocenters. The highest BCUT2D eigenvalue weighted by Crippen LogP contribution is 2.64. The number of aromatic hydroxyl groups is 1. The zero-order chi connectivity index (χ0) is 34.3. The standard InChI is InChI=1S/C37H36N2O9/c1-35-15-22-21(20-10-13-24-25(14-20)48-18-47-24)11-12-23(40)26(22)29(41)28(35)33(43)37(45)32(42)27(34(38)44)30(31(39(3)4)36(37,2)17-35)46-16-19-8-6-5-7-9-19/h5-14,27-28,40,45H,15-18H2,1-4H3,(H2,38,44)/t27?,28?,35-,36-,37+/m0/s1. The second-order valence-corrected chi connectivity index (χ2v) is 13.8. The number of fused-ring (bicyclic) bond motifs is 4. The lowest BCUT2D eigenvalue weighted by Crippen LogP contribution is -2.74. The van der Waals surface area contributed by atoms with E-state index in [2.05, 4.69) is 0 Å². The van der Waals surface area contributed by atoms with Gasteiger partial charge in [0.05, 0.1) is 22.6 Å². The minimum absolute atomic E-state index is 0.00302. The van der Waals surface area contributed by atoms with E-state index in [1.165, 1.54) is 6.07 Å². The van der Waals surface area contributed by atoms with E-state index in [1.54, 1.807) is 51.0 Å². The van der Waals surface area contributed by atoms with Gasteiger partial charge in [-0.3, -0.25) is 19.2 Å². The van der Waals surface area contributed by atoms with E-state index in [4.69, 9.17) is 19.9 Å². The molecule has 11 nitrogen and oxygen atoms in total. The Kier molecular flexibility index (Phi) is 6.99. The van der Waals surface area contributed by atoms with E-state index in [-0.39, 0.29) is 49.0 Å². The first kappa shape index (κ1) is 31.4. The van der Waals surface area contributed by atoms with E-state index in [9.17, 15) is 29.4 Å². The van der Waals surface area contributed by atoms with Crippen molar-refractivity contribution in [1.82, 2.24) is 4.90 Å². The fraction of sp³-hybridized carbons (Fsp3) is 0.351. The minimum atomic E-state index is -2.80. The van der Waals surface area contributed by atoms with Crippen molar-refractivity contribution in [2.24, 2.45) is 28.4 Å². The number of nitrogens with two attached hydrogens (primary N) is 1. The van der Waals surface area contributed by atoms with Crippen LogP contribution in [0.5, 0.6) is 17.2 Å². The Morgan fingerprint density at radius 2 is 1.71 bits per heavy atom. The normalized spacial score (nSPS) is 28.8. The van der Waals surface area contributed by atoms with Crippen molar-refractivity contribution >= 4 is 23.3 Å². The molecule has 4 N–H and O–H groups in total. The maximum Gasteiger partial charge on any atom is 0.235 e. The molecule has 5 atom stereocenters. The van der Waals surface area contributed by atoms with Crippen molar-refractivity contribution in [3.8, 4) is 28.4 Å². The molecular formula is C37H36N2O9. The first-order valence-corrected chi connectivity index (χ1v) is 15.7. The van der Waals surface area contributed by atoms with Crippen molar-refractivity contribution in [1.29, 1.82) is 0 Å². The van der Waals surface area contributed by atoms with E-state index in [0.717, 1.165) is 11.1 Å². The number of phenols is 1. The zero-order valence-corrected chi connectivity index (χ0v) is 27.0. The Hall–Kier alpha value is -5.16. The van der Waals surface area contributed by atoms with Gasteiger partial charge in [-0.15, -0.1) is 0 Å². The van der Waals surface area contributed by atoms with Gasteiger partial charge in [0.2, 0.25) is 12.7 Å². The molecule has 3 aromatic rings. The van der Waals surface area contributed by atoms with Crippen LogP contribution in [0.4, 0.5) is 0 Å². The number of benzene rings is 3. The maximum atomic E-state index is 14.7. The molecule has 0 radical (unpaired) electrons. The van der Waals surface area contributed by atoms with E-state index >= 15 is 0 Å². The third-order valence-electron chi connectivity index (χ3n) is 10.5. The molecule has 1 heterocycles. The van der Waals surface area contributed by atoms with Crippen LogP contribution in [-0.2, 0) is 32.1 Å². The van der Waals surface area contributed by atoms with Gasteiger partial charge in [-0.2, -0.15) is 0 Å². The Morgan fingerprint density at radius 3 is 2.40 bits per heavy atom. The lowest BCUT2D eigenvalue weighted by Gasteiger charge is -2.60. The largest absolute Gasteiger partial charge is 0.507 e. The maximum absolute atomic E-state index is 14.7. The second-order valence-electron chi connectivity index (χ2n) is 13.8. The molecule has 4 aliphatic rings. The first-order valence-electron chi connectivity index (χ1n) is 15.7. The highest BCUT2D eigenvalue weighted by atomic mass is 16.7. The predicted molar refractivity (Wildman–Crippen MR) is 172 cm³/mol. The molecule has 1 aliphatic heterocycles. The van der Waals surface area contributed by atoms with Gasteiger partial charge < -0.3 is 35.1 Å². The molecular weight excluding hydrogens is 616 g/mol. The fourth-order valence-corrected chi connectivity index (χ4v) is 8.66. The number of nitrogens with zero attached hydrogens (tertiary/aromatic N) is 1. The first-order chi connectivity index (χ1) is 22.7. The molecule has 7 rings (SSSR count). The van der Waals surface area contributed by atoms with Crippen LogP contribution in [0, 0.1) is 22.7 Å². The summed E-state index contributed by atoms with van der Waals surface area (Å²) in [6.45, 7) is 3.47. The monoisotopic (exact) mass is 652 g/mol. The molecule has 0 bridgehead atoms. The molecule has 11 heteroatoms. The average Bonchev–Trinajstić information content (AvgIpc) is 3.50. The van der Waals surface area contributed by atoms with Crippen LogP contribution in [0.15, 0.2) is 72.1 Å². The highest BCUT2D eigenvalue weighted by Gasteiger charge is 2.74. The van der Waals surface area contributed by atoms with E-state index in [0.29, 0.717) is 22.6 Å². The number of Topliss-reactive ketones (excluding diaryl/α,β-unsaturated/α-hetero) is 3. The minimum Gasteiger partial charge on any atom is -0.507 e. The predicted octanol–water partition coefficient (Wildman–Crippen LogP) is 3.53. The topological polar surface area (TPSA) is 166 Å². The molecule has 0 aromatic heterocycles. The molecule has 248 valence electrons. The number of hydrogen-bond acceptors (Lipinski definition) is 10. The van der Waals surface area contributed by atoms with Gasteiger partial charge >= 0.3 is 0 Å². The number of primary amides is 1. The summed E-state index contributed by atoms with van der Waals surface area (Å²) in [6.07, 6.45) is 0.139. The highest BCUT2D eigenvalue weighted by molar-refractivity contribution is 6.27. The van der Waals surface area contributed by atoms with Gasteiger partial charge in [0, 0.05) is 14.1 Å². The summed E-state index contributed by atoms with van der Waals surface area (Å²) in [5, 5.41) is 23.5. The van der Waals surface area contributed by atoms with Gasteiger partial charge in [0.15, 0.2) is 40.4 Å². The SMILES string of the molecule is CN(C)C1=C(OCc2ccccc2)C(C(N)=O)C(=O)[C@@]2(O)C(=O)C3C(=O)c4c(O)ccc(-c5ccc6c(c5)OCO6)c4C[C@@]3(C)C[C@@]12C. The molecule has 48 heavy (non-hydrogen) atoms. The van der Waals surface area contributed by atoms with Crippen LogP contribution in [0.2, 0.25) is 0 Å². The van der Waals surface area contributed by atoms with Crippen molar-refractivity contribution in [3.05, 3.63) is 88.8 Å². The van der Waals surface area contributed by atoms with Gasteiger partial charge in [0.25, 0.3) is 0 Å². The van der Waals surface area contributed by atoms with Crippen molar-refractivity contribution < 1.29 is 43.6 Å². The van der Waals surface area contributed by atoms with Crippen molar-refractivity contribution in [2.75, 3.05) is 20.9 Å².